The van der Waals surface area contributed by atoms with Crippen LogP contribution in [0.4, 0.5) is 13.2 Å². The Bertz CT molecular complexity index is 310. The summed E-state index contributed by atoms with van der Waals surface area (Å²) < 4.78 is 41.8. The molecule has 1 unspecified atom stereocenters. The van der Waals surface area contributed by atoms with E-state index >= 15 is 0 Å². The molecule has 20 heavy (non-hydrogen) atoms. The number of nitrogens with zero attached hydrogens (tertiary/aromatic N) is 2. The standard InChI is InChI=1S/C12H23F3N4O/c1-16-11(17-4-6-20-2)18-7-10-3-5-19(8-10)9-12(13,14)15/h10H,3-9H2,1-2H3,(H2,16,17,18). The number of guanidine groups is 1. The van der Waals surface area contributed by atoms with Crippen LogP contribution in [0.5, 0.6) is 0 Å². The number of hydrogen-bond acceptors (Lipinski definition) is 3. The van der Waals surface area contributed by atoms with Crippen LogP contribution in [0.1, 0.15) is 6.42 Å². The van der Waals surface area contributed by atoms with E-state index in [9.17, 15) is 13.2 Å². The average Bonchev–Trinajstić information content (AvgIpc) is 2.79. The third kappa shape index (κ3) is 6.95. The first-order valence-electron chi connectivity index (χ1n) is 6.67. The van der Waals surface area contributed by atoms with Gasteiger partial charge in [-0.25, -0.2) is 0 Å². The molecule has 1 aliphatic heterocycles. The van der Waals surface area contributed by atoms with Gasteiger partial charge in [-0.2, -0.15) is 13.2 Å². The Labute approximate surface area is 117 Å². The third-order valence-corrected chi connectivity index (χ3v) is 3.15. The lowest BCUT2D eigenvalue weighted by Gasteiger charge is -2.18. The summed E-state index contributed by atoms with van der Waals surface area (Å²) in [6.45, 7) is 2.00. The second-order valence-corrected chi connectivity index (χ2v) is 4.88. The number of alkyl halides is 3. The molecule has 1 saturated heterocycles. The van der Waals surface area contributed by atoms with E-state index in [1.54, 1.807) is 14.2 Å². The van der Waals surface area contributed by atoms with E-state index in [1.165, 1.54) is 4.90 Å². The fraction of sp³-hybridized carbons (Fsp3) is 0.917. The lowest BCUT2D eigenvalue weighted by Crippen LogP contribution is -2.41. The summed E-state index contributed by atoms with van der Waals surface area (Å²) >= 11 is 0. The van der Waals surface area contributed by atoms with Crippen LogP contribution in [0.2, 0.25) is 0 Å². The van der Waals surface area contributed by atoms with Crippen LogP contribution in [-0.2, 0) is 4.74 Å². The maximum Gasteiger partial charge on any atom is 0.401 e. The number of hydrogen-bond donors (Lipinski definition) is 2. The SMILES string of the molecule is CN=C(NCCOC)NCC1CCN(CC(F)(F)F)C1. The van der Waals surface area contributed by atoms with Crippen LogP contribution in [0.15, 0.2) is 4.99 Å². The molecule has 0 spiro atoms. The van der Waals surface area contributed by atoms with Crippen LogP contribution >= 0.6 is 0 Å². The summed E-state index contributed by atoms with van der Waals surface area (Å²) in [4.78, 5) is 5.50. The molecule has 0 aromatic carbocycles. The van der Waals surface area contributed by atoms with Crippen molar-refractivity contribution in [2.75, 3.05) is 53.5 Å². The topological polar surface area (TPSA) is 48.9 Å². The summed E-state index contributed by atoms with van der Waals surface area (Å²) in [6.07, 6.45) is -3.34. The van der Waals surface area contributed by atoms with Gasteiger partial charge in [-0.15, -0.1) is 0 Å². The van der Waals surface area contributed by atoms with Crippen LogP contribution < -0.4 is 10.6 Å². The van der Waals surface area contributed by atoms with Crippen molar-refractivity contribution in [3.05, 3.63) is 0 Å². The third-order valence-electron chi connectivity index (χ3n) is 3.15. The molecular weight excluding hydrogens is 273 g/mol. The van der Waals surface area contributed by atoms with E-state index in [4.69, 9.17) is 4.74 Å². The van der Waals surface area contributed by atoms with Crippen molar-refractivity contribution in [2.24, 2.45) is 10.9 Å². The van der Waals surface area contributed by atoms with Gasteiger partial charge in [-0.1, -0.05) is 0 Å². The summed E-state index contributed by atoms with van der Waals surface area (Å²) in [5, 5.41) is 6.19. The largest absolute Gasteiger partial charge is 0.401 e. The van der Waals surface area contributed by atoms with Crippen molar-refractivity contribution >= 4 is 5.96 Å². The highest BCUT2D eigenvalue weighted by molar-refractivity contribution is 5.79. The molecule has 0 radical (unpaired) electrons. The summed E-state index contributed by atoms with van der Waals surface area (Å²) in [7, 11) is 3.28. The van der Waals surface area contributed by atoms with Gasteiger partial charge in [0, 0.05) is 33.8 Å². The Morgan fingerprint density at radius 3 is 2.75 bits per heavy atom. The Kier molecular flexibility index (Phi) is 7.08. The Morgan fingerprint density at radius 1 is 1.40 bits per heavy atom. The van der Waals surface area contributed by atoms with Gasteiger partial charge in [0.15, 0.2) is 5.96 Å². The maximum atomic E-state index is 12.3. The molecule has 0 aromatic rings. The number of aliphatic imine (C=N–C) groups is 1. The molecule has 1 heterocycles. The predicted octanol–water partition coefficient (Wildman–Crippen LogP) is 0.682. The molecule has 5 nitrogen and oxygen atoms in total. The number of likely N-dealkylation sites (tertiary alicyclic amines) is 1. The number of ether oxygens (including phenoxy) is 1. The van der Waals surface area contributed by atoms with E-state index in [-0.39, 0.29) is 5.92 Å². The van der Waals surface area contributed by atoms with Crippen LogP contribution in [-0.4, -0.2) is 70.5 Å². The number of nitrogens with one attached hydrogen (secondary N) is 2. The smallest absolute Gasteiger partial charge is 0.383 e. The first kappa shape index (κ1) is 17.0. The van der Waals surface area contributed by atoms with E-state index in [2.05, 4.69) is 15.6 Å². The van der Waals surface area contributed by atoms with E-state index in [1.807, 2.05) is 0 Å². The number of rotatable bonds is 6. The zero-order valence-corrected chi connectivity index (χ0v) is 12.0. The molecule has 1 atom stereocenters. The first-order valence-corrected chi connectivity index (χ1v) is 6.67. The minimum atomic E-state index is -4.11. The molecule has 1 fully saturated rings. The highest BCUT2D eigenvalue weighted by Gasteiger charge is 2.34. The molecular formula is C12H23F3N4O. The van der Waals surface area contributed by atoms with Gasteiger partial charge in [-0.3, -0.25) is 9.89 Å². The highest BCUT2D eigenvalue weighted by Crippen LogP contribution is 2.22. The summed E-state index contributed by atoms with van der Waals surface area (Å²) in [5.74, 6) is 0.870. The lowest BCUT2D eigenvalue weighted by atomic mass is 10.1. The van der Waals surface area contributed by atoms with Gasteiger partial charge >= 0.3 is 6.18 Å². The highest BCUT2D eigenvalue weighted by atomic mass is 19.4. The molecule has 0 amide bonds. The van der Waals surface area contributed by atoms with Crippen molar-refractivity contribution in [1.29, 1.82) is 0 Å². The monoisotopic (exact) mass is 296 g/mol. The number of halogens is 3. The molecule has 0 saturated carbocycles. The summed E-state index contributed by atoms with van der Waals surface area (Å²) in [6, 6.07) is 0. The quantitative estimate of drug-likeness (QED) is 0.430. The van der Waals surface area contributed by atoms with Crippen molar-refractivity contribution in [2.45, 2.75) is 12.6 Å². The Hall–Kier alpha value is -1.02. The lowest BCUT2D eigenvalue weighted by molar-refractivity contribution is -0.143. The van der Waals surface area contributed by atoms with Gasteiger partial charge in [0.05, 0.1) is 13.2 Å². The predicted molar refractivity (Wildman–Crippen MR) is 71.8 cm³/mol. The second kappa shape index (κ2) is 8.31. The second-order valence-electron chi connectivity index (χ2n) is 4.88. The van der Waals surface area contributed by atoms with E-state index in [0.717, 1.165) is 6.42 Å². The van der Waals surface area contributed by atoms with Gasteiger partial charge in [0.2, 0.25) is 0 Å². The molecule has 0 bridgehead atoms. The minimum absolute atomic E-state index is 0.221. The van der Waals surface area contributed by atoms with E-state index in [0.29, 0.717) is 38.7 Å². The average molecular weight is 296 g/mol. The van der Waals surface area contributed by atoms with Gasteiger partial charge in [-0.05, 0) is 18.9 Å². The molecule has 8 heteroatoms. The normalized spacial score (nSPS) is 21.2. The van der Waals surface area contributed by atoms with Crippen molar-refractivity contribution in [1.82, 2.24) is 15.5 Å². The van der Waals surface area contributed by atoms with Gasteiger partial charge in [0.25, 0.3) is 0 Å². The maximum absolute atomic E-state index is 12.3. The molecule has 118 valence electrons. The van der Waals surface area contributed by atoms with Crippen molar-refractivity contribution < 1.29 is 17.9 Å². The molecule has 1 rings (SSSR count). The first-order chi connectivity index (χ1) is 9.44. The molecule has 1 aliphatic rings. The van der Waals surface area contributed by atoms with E-state index < -0.39 is 12.7 Å². The fourth-order valence-electron chi connectivity index (χ4n) is 2.21. The minimum Gasteiger partial charge on any atom is -0.383 e. The van der Waals surface area contributed by atoms with Gasteiger partial charge < -0.3 is 15.4 Å². The molecule has 2 N–H and O–H groups in total. The Balaban J connectivity index is 2.22. The van der Waals surface area contributed by atoms with Crippen LogP contribution in [0.25, 0.3) is 0 Å². The molecule has 0 aliphatic carbocycles. The van der Waals surface area contributed by atoms with Crippen molar-refractivity contribution in [3.63, 3.8) is 0 Å². The van der Waals surface area contributed by atoms with Crippen LogP contribution in [0, 0.1) is 5.92 Å². The van der Waals surface area contributed by atoms with Crippen LogP contribution in [0.3, 0.4) is 0 Å². The number of methoxy groups -OCH3 is 1. The van der Waals surface area contributed by atoms with Crippen molar-refractivity contribution in [3.8, 4) is 0 Å². The summed E-state index contributed by atoms with van der Waals surface area (Å²) in [5.41, 5.74) is 0. The zero-order chi connectivity index (χ0) is 15.0. The fourth-order valence-corrected chi connectivity index (χ4v) is 2.21. The molecule has 0 aromatic heterocycles. The Morgan fingerprint density at radius 2 is 2.15 bits per heavy atom. The zero-order valence-electron chi connectivity index (χ0n) is 12.0. The van der Waals surface area contributed by atoms with Gasteiger partial charge in [0.1, 0.15) is 0 Å².